The summed E-state index contributed by atoms with van der Waals surface area (Å²) < 4.78 is 13.1. The molecule has 3 N–H and O–H groups in total. The van der Waals surface area contributed by atoms with Crippen LogP contribution in [0.25, 0.3) is 0 Å². The first-order valence-electron chi connectivity index (χ1n) is 6.71. The predicted octanol–water partition coefficient (Wildman–Crippen LogP) is 2.93. The number of carbonyl (C=O) groups excluding carboxylic acids is 1. The monoisotopic (exact) mass is 287 g/mol. The molecular formula is C16H18FN3O. The summed E-state index contributed by atoms with van der Waals surface area (Å²) in [4.78, 5) is 13.9. The summed E-state index contributed by atoms with van der Waals surface area (Å²) in [6.45, 7) is 2.58. The highest BCUT2D eigenvalue weighted by molar-refractivity contribution is 6.01. The number of carbonyl (C=O) groups is 1. The molecule has 5 heteroatoms. The molecule has 21 heavy (non-hydrogen) atoms. The molecule has 0 saturated carbocycles. The van der Waals surface area contributed by atoms with Crippen molar-refractivity contribution in [2.45, 2.75) is 6.92 Å². The van der Waals surface area contributed by atoms with Crippen LogP contribution in [0.1, 0.15) is 17.3 Å². The molecular weight excluding hydrogens is 269 g/mol. The van der Waals surface area contributed by atoms with Gasteiger partial charge in [-0.3, -0.25) is 4.79 Å². The Bertz CT molecular complexity index is 640. The van der Waals surface area contributed by atoms with E-state index in [0.717, 1.165) is 5.69 Å². The summed E-state index contributed by atoms with van der Waals surface area (Å²) in [6.07, 6.45) is 0. The van der Waals surface area contributed by atoms with Crippen molar-refractivity contribution in [3.05, 3.63) is 53.8 Å². The van der Waals surface area contributed by atoms with Crippen LogP contribution in [0, 0.1) is 5.82 Å². The van der Waals surface area contributed by atoms with Crippen LogP contribution < -0.4 is 16.0 Å². The van der Waals surface area contributed by atoms with Gasteiger partial charge in [0.15, 0.2) is 0 Å². The molecule has 0 radical (unpaired) electrons. The van der Waals surface area contributed by atoms with Crippen molar-refractivity contribution >= 4 is 23.0 Å². The van der Waals surface area contributed by atoms with Gasteiger partial charge in [0.1, 0.15) is 5.82 Å². The first-order chi connectivity index (χ1) is 10.1. The molecule has 4 nitrogen and oxygen atoms in total. The molecule has 2 aromatic rings. The Balaban J connectivity index is 2.53. The number of amides is 1. The zero-order valence-electron chi connectivity index (χ0n) is 12.1. The molecule has 1 amide bonds. The number of nitrogens with zero attached hydrogens (tertiary/aromatic N) is 1. The van der Waals surface area contributed by atoms with E-state index in [4.69, 9.17) is 5.73 Å². The lowest BCUT2D eigenvalue weighted by Gasteiger charge is -2.25. The largest absolute Gasteiger partial charge is 0.399 e. The summed E-state index contributed by atoms with van der Waals surface area (Å²) in [5.41, 5.74) is 8.44. The Morgan fingerprint density at radius 3 is 2.48 bits per heavy atom. The fraction of sp³-hybridized carbons (Fsp3) is 0.188. The van der Waals surface area contributed by atoms with E-state index in [2.05, 4.69) is 5.32 Å². The number of halogens is 1. The van der Waals surface area contributed by atoms with Gasteiger partial charge in [0.05, 0.1) is 11.3 Å². The van der Waals surface area contributed by atoms with Crippen molar-refractivity contribution in [3.8, 4) is 0 Å². The van der Waals surface area contributed by atoms with E-state index in [1.807, 2.05) is 11.8 Å². The number of nitrogens with one attached hydrogen (secondary N) is 1. The van der Waals surface area contributed by atoms with Gasteiger partial charge in [-0.25, -0.2) is 4.39 Å². The summed E-state index contributed by atoms with van der Waals surface area (Å²) in [7, 11) is 1.58. The van der Waals surface area contributed by atoms with Gasteiger partial charge < -0.3 is 16.0 Å². The van der Waals surface area contributed by atoms with Gasteiger partial charge in [-0.15, -0.1) is 0 Å². The maximum absolute atomic E-state index is 13.1. The van der Waals surface area contributed by atoms with E-state index in [1.54, 1.807) is 37.4 Å². The summed E-state index contributed by atoms with van der Waals surface area (Å²) in [6, 6.07) is 11.3. The van der Waals surface area contributed by atoms with E-state index < -0.39 is 0 Å². The molecule has 0 aliphatic rings. The van der Waals surface area contributed by atoms with Gasteiger partial charge in [0.25, 0.3) is 5.91 Å². The molecule has 2 rings (SSSR count). The van der Waals surface area contributed by atoms with Crippen LogP contribution in [0.4, 0.5) is 21.5 Å². The molecule has 0 aliphatic heterocycles. The number of anilines is 3. The third kappa shape index (κ3) is 3.13. The molecule has 110 valence electrons. The van der Waals surface area contributed by atoms with Gasteiger partial charge in [-0.05, 0) is 49.4 Å². The average Bonchev–Trinajstić information content (AvgIpc) is 2.49. The third-order valence-electron chi connectivity index (χ3n) is 3.24. The van der Waals surface area contributed by atoms with Crippen LogP contribution in [-0.2, 0) is 0 Å². The maximum Gasteiger partial charge on any atom is 0.253 e. The lowest BCUT2D eigenvalue weighted by atomic mass is 10.1. The smallest absolute Gasteiger partial charge is 0.253 e. The fourth-order valence-electron chi connectivity index (χ4n) is 2.21. The second-order valence-electron chi connectivity index (χ2n) is 4.58. The highest BCUT2D eigenvalue weighted by Gasteiger charge is 2.16. The van der Waals surface area contributed by atoms with Gasteiger partial charge in [-0.2, -0.15) is 0 Å². The molecule has 0 aromatic heterocycles. The van der Waals surface area contributed by atoms with Crippen LogP contribution in [0.5, 0.6) is 0 Å². The van der Waals surface area contributed by atoms with Crippen molar-refractivity contribution in [1.29, 1.82) is 0 Å². The SMILES string of the molecule is CCN(c1ccc(F)cc1)c1cc(N)ccc1C(=O)NC. The number of nitrogen functional groups attached to an aromatic ring is 1. The summed E-state index contributed by atoms with van der Waals surface area (Å²) in [5.74, 6) is -0.487. The molecule has 0 bridgehead atoms. The van der Waals surface area contributed by atoms with Gasteiger partial charge >= 0.3 is 0 Å². The highest BCUT2D eigenvalue weighted by Crippen LogP contribution is 2.30. The Labute approximate surface area is 123 Å². The minimum Gasteiger partial charge on any atom is -0.399 e. The van der Waals surface area contributed by atoms with Crippen molar-refractivity contribution in [1.82, 2.24) is 5.32 Å². The minimum atomic E-state index is -0.297. The lowest BCUT2D eigenvalue weighted by Crippen LogP contribution is -2.24. The van der Waals surface area contributed by atoms with Crippen molar-refractivity contribution in [2.75, 3.05) is 24.2 Å². The normalized spacial score (nSPS) is 10.2. The minimum absolute atomic E-state index is 0.189. The Morgan fingerprint density at radius 1 is 1.24 bits per heavy atom. The molecule has 0 aliphatic carbocycles. The highest BCUT2D eigenvalue weighted by atomic mass is 19.1. The van der Waals surface area contributed by atoms with Crippen molar-refractivity contribution in [3.63, 3.8) is 0 Å². The average molecular weight is 287 g/mol. The predicted molar refractivity (Wildman–Crippen MR) is 83.3 cm³/mol. The number of nitrogens with two attached hydrogens (primary N) is 1. The number of benzene rings is 2. The second-order valence-corrected chi connectivity index (χ2v) is 4.58. The zero-order chi connectivity index (χ0) is 15.4. The van der Waals surface area contributed by atoms with Crippen LogP contribution in [0.3, 0.4) is 0 Å². The Morgan fingerprint density at radius 2 is 1.90 bits per heavy atom. The van der Waals surface area contributed by atoms with E-state index in [0.29, 0.717) is 23.5 Å². The quantitative estimate of drug-likeness (QED) is 0.850. The maximum atomic E-state index is 13.1. The summed E-state index contributed by atoms with van der Waals surface area (Å²) in [5, 5.41) is 2.61. The van der Waals surface area contributed by atoms with Gasteiger partial charge in [-0.1, -0.05) is 0 Å². The number of hydrogen-bond donors (Lipinski definition) is 2. The third-order valence-corrected chi connectivity index (χ3v) is 3.24. The first kappa shape index (κ1) is 14.8. The lowest BCUT2D eigenvalue weighted by molar-refractivity contribution is 0.0963. The first-order valence-corrected chi connectivity index (χ1v) is 6.71. The molecule has 0 atom stereocenters. The molecule has 0 saturated heterocycles. The molecule has 0 spiro atoms. The number of hydrogen-bond acceptors (Lipinski definition) is 3. The topological polar surface area (TPSA) is 58.4 Å². The number of rotatable bonds is 4. The molecule has 0 heterocycles. The van der Waals surface area contributed by atoms with E-state index in [-0.39, 0.29) is 11.7 Å². The Hall–Kier alpha value is -2.56. The van der Waals surface area contributed by atoms with E-state index in [9.17, 15) is 9.18 Å². The van der Waals surface area contributed by atoms with E-state index in [1.165, 1.54) is 12.1 Å². The van der Waals surface area contributed by atoms with E-state index >= 15 is 0 Å². The standard InChI is InChI=1S/C16H18FN3O/c1-3-20(13-7-4-11(17)5-8-13)15-10-12(18)6-9-14(15)16(21)19-2/h4-10H,3,18H2,1-2H3,(H,19,21). The van der Waals surface area contributed by atoms with Crippen LogP contribution in [0.2, 0.25) is 0 Å². The van der Waals surface area contributed by atoms with Gasteiger partial charge in [0.2, 0.25) is 0 Å². The second kappa shape index (κ2) is 6.26. The molecule has 0 unspecified atom stereocenters. The van der Waals surface area contributed by atoms with Crippen LogP contribution in [0.15, 0.2) is 42.5 Å². The molecule has 2 aromatic carbocycles. The molecule has 0 fully saturated rings. The Kier molecular flexibility index (Phi) is 4.42. The fourth-order valence-corrected chi connectivity index (χ4v) is 2.21. The van der Waals surface area contributed by atoms with Crippen molar-refractivity contribution < 1.29 is 9.18 Å². The zero-order valence-corrected chi connectivity index (χ0v) is 12.1. The van der Waals surface area contributed by atoms with Crippen LogP contribution >= 0.6 is 0 Å². The van der Waals surface area contributed by atoms with Gasteiger partial charge in [0, 0.05) is 25.0 Å². The van der Waals surface area contributed by atoms with Crippen molar-refractivity contribution in [2.24, 2.45) is 0 Å². The summed E-state index contributed by atoms with van der Waals surface area (Å²) >= 11 is 0. The van der Waals surface area contributed by atoms with Crippen LogP contribution in [-0.4, -0.2) is 19.5 Å².